The van der Waals surface area contributed by atoms with E-state index in [2.05, 4.69) is 12.1 Å². The first kappa shape index (κ1) is 9.55. The minimum atomic E-state index is 0.850. The van der Waals surface area contributed by atoms with Crippen LogP contribution in [-0.4, -0.2) is 12.2 Å². The normalized spacial score (nSPS) is 9.08. The predicted molar refractivity (Wildman–Crippen MR) is 56.5 cm³/mol. The third kappa shape index (κ3) is 1.98. The zero-order valence-electron chi connectivity index (χ0n) is 7.57. The van der Waals surface area contributed by atoms with Gasteiger partial charge in [0.1, 0.15) is 0 Å². The molecular formula is C11H13NO. The van der Waals surface area contributed by atoms with Crippen LogP contribution in [0.2, 0.25) is 0 Å². The second-order valence-corrected chi connectivity index (χ2v) is 2.57. The van der Waals surface area contributed by atoms with E-state index in [4.69, 9.17) is 10.8 Å². The molecule has 3 N–H and O–H groups in total. The summed E-state index contributed by atoms with van der Waals surface area (Å²) in [5, 5.41) is 9.34. The lowest BCUT2D eigenvalue weighted by molar-refractivity contribution is 0.399. The van der Waals surface area contributed by atoms with Crippen LogP contribution in [0.3, 0.4) is 0 Å². The van der Waals surface area contributed by atoms with Crippen LogP contribution in [0.15, 0.2) is 42.5 Å². The van der Waals surface area contributed by atoms with Crippen molar-refractivity contribution < 1.29 is 5.11 Å². The van der Waals surface area contributed by atoms with Gasteiger partial charge in [0.05, 0.1) is 0 Å². The third-order valence-corrected chi connectivity index (χ3v) is 1.82. The summed E-state index contributed by atoms with van der Waals surface area (Å²) >= 11 is 0. The van der Waals surface area contributed by atoms with Gasteiger partial charge in [-0.25, -0.2) is 0 Å². The van der Waals surface area contributed by atoms with Crippen LogP contribution in [0.5, 0.6) is 0 Å². The van der Waals surface area contributed by atoms with E-state index in [0.29, 0.717) is 0 Å². The van der Waals surface area contributed by atoms with Crippen molar-refractivity contribution in [1.29, 1.82) is 0 Å². The molecule has 0 saturated carbocycles. The quantitative estimate of drug-likeness (QED) is 0.602. The van der Waals surface area contributed by atoms with Crippen LogP contribution in [0, 0.1) is 0 Å². The molecule has 2 aromatic carbocycles. The van der Waals surface area contributed by atoms with Crippen molar-refractivity contribution in [3.8, 4) is 0 Å². The van der Waals surface area contributed by atoms with Gasteiger partial charge in [-0.15, -0.1) is 0 Å². The lowest BCUT2D eigenvalue weighted by atomic mass is 10.1. The lowest BCUT2D eigenvalue weighted by Gasteiger charge is -1.98. The molecule has 0 heterocycles. The number of anilines is 1. The number of rotatable bonds is 0. The predicted octanol–water partition coefficient (Wildman–Crippen LogP) is 2.03. The zero-order valence-corrected chi connectivity index (χ0v) is 7.57. The summed E-state index contributed by atoms with van der Waals surface area (Å²) in [4.78, 5) is 0. The van der Waals surface area contributed by atoms with Gasteiger partial charge in [0, 0.05) is 18.2 Å². The lowest BCUT2D eigenvalue weighted by Crippen LogP contribution is -1.84. The number of hydrogen-bond acceptors (Lipinski definition) is 2. The van der Waals surface area contributed by atoms with E-state index < -0.39 is 0 Å². The van der Waals surface area contributed by atoms with Crippen LogP contribution >= 0.6 is 0 Å². The SMILES string of the molecule is CO.Nc1cccc2ccccc12. The molecule has 0 amide bonds. The number of nitrogens with two attached hydrogens (primary N) is 1. The molecule has 0 aliphatic rings. The van der Waals surface area contributed by atoms with Crippen LogP contribution < -0.4 is 5.73 Å². The Hall–Kier alpha value is -1.54. The minimum absolute atomic E-state index is 0.850. The first-order chi connectivity index (χ1) is 6.38. The van der Waals surface area contributed by atoms with Crippen molar-refractivity contribution in [3.05, 3.63) is 42.5 Å². The largest absolute Gasteiger partial charge is 0.400 e. The van der Waals surface area contributed by atoms with Gasteiger partial charge in [-0.05, 0) is 11.5 Å². The monoisotopic (exact) mass is 175 g/mol. The fourth-order valence-corrected chi connectivity index (χ4v) is 1.25. The Morgan fingerprint density at radius 3 is 2.23 bits per heavy atom. The maximum Gasteiger partial charge on any atom is 0.0393 e. The average molecular weight is 175 g/mol. The molecule has 68 valence electrons. The van der Waals surface area contributed by atoms with Crippen LogP contribution in [0.1, 0.15) is 0 Å². The van der Waals surface area contributed by atoms with Crippen LogP contribution in [-0.2, 0) is 0 Å². The van der Waals surface area contributed by atoms with E-state index >= 15 is 0 Å². The Balaban J connectivity index is 0.000000396. The van der Waals surface area contributed by atoms with Crippen molar-refractivity contribution in [2.45, 2.75) is 0 Å². The number of fused-ring (bicyclic) bond motifs is 1. The fourth-order valence-electron chi connectivity index (χ4n) is 1.25. The maximum atomic E-state index is 7.00. The molecule has 0 spiro atoms. The fraction of sp³-hybridized carbons (Fsp3) is 0.0909. The molecule has 0 atom stereocenters. The summed E-state index contributed by atoms with van der Waals surface area (Å²) in [7, 11) is 1.00. The maximum absolute atomic E-state index is 7.00. The highest BCUT2D eigenvalue weighted by Gasteiger charge is 1.92. The molecule has 0 fully saturated rings. The highest BCUT2D eigenvalue weighted by molar-refractivity contribution is 5.92. The topological polar surface area (TPSA) is 46.2 Å². The second kappa shape index (κ2) is 4.48. The van der Waals surface area contributed by atoms with E-state index in [9.17, 15) is 0 Å². The summed E-state index contributed by atoms with van der Waals surface area (Å²) in [5.41, 5.74) is 6.61. The number of benzene rings is 2. The molecule has 13 heavy (non-hydrogen) atoms. The molecule has 0 aromatic heterocycles. The molecule has 0 aliphatic carbocycles. The number of hydrogen-bond donors (Lipinski definition) is 2. The van der Waals surface area contributed by atoms with E-state index in [-0.39, 0.29) is 0 Å². The van der Waals surface area contributed by atoms with Gasteiger partial charge in [0.15, 0.2) is 0 Å². The van der Waals surface area contributed by atoms with Gasteiger partial charge in [0.25, 0.3) is 0 Å². The molecular weight excluding hydrogens is 162 g/mol. The summed E-state index contributed by atoms with van der Waals surface area (Å²) in [5.74, 6) is 0. The van der Waals surface area contributed by atoms with Gasteiger partial charge < -0.3 is 10.8 Å². The van der Waals surface area contributed by atoms with E-state index in [1.54, 1.807) is 0 Å². The Morgan fingerprint density at radius 1 is 0.923 bits per heavy atom. The molecule has 0 saturated heterocycles. The summed E-state index contributed by atoms with van der Waals surface area (Å²) < 4.78 is 0. The molecule has 0 bridgehead atoms. The molecule has 2 rings (SSSR count). The average Bonchev–Trinajstić information content (AvgIpc) is 2.22. The standard InChI is InChI=1S/C10H9N.CH4O/c11-10-7-3-5-8-4-1-2-6-9(8)10;1-2/h1-7H,11H2;2H,1H3. The Labute approximate surface area is 77.6 Å². The Kier molecular flexibility index (Phi) is 3.29. The van der Waals surface area contributed by atoms with Gasteiger partial charge in [0.2, 0.25) is 0 Å². The smallest absolute Gasteiger partial charge is 0.0393 e. The third-order valence-electron chi connectivity index (χ3n) is 1.82. The van der Waals surface area contributed by atoms with E-state index in [1.165, 1.54) is 5.39 Å². The highest BCUT2D eigenvalue weighted by atomic mass is 16.2. The van der Waals surface area contributed by atoms with Gasteiger partial charge in [-0.2, -0.15) is 0 Å². The molecule has 2 nitrogen and oxygen atoms in total. The zero-order chi connectivity index (χ0) is 9.68. The second-order valence-electron chi connectivity index (χ2n) is 2.57. The minimum Gasteiger partial charge on any atom is -0.400 e. The van der Waals surface area contributed by atoms with Gasteiger partial charge in [-0.3, -0.25) is 0 Å². The summed E-state index contributed by atoms with van der Waals surface area (Å²) in [6, 6.07) is 14.1. The van der Waals surface area contributed by atoms with Gasteiger partial charge in [-0.1, -0.05) is 36.4 Å². The van der Waals surface area contributed by atoms with Crippen molar-refractivity contribution in [1.82, 2.24) is 0 Å². The van der Waals surface area contributed by atoms with Crippen molar-refractivity contribution in [2.24, 2.45) is 0 Å². The highest BCUT2D eigenvalue weighted by Crippen LogP contribution is 2.19. The Morgan fingerprint density at radius 2 is 1.54 bits per heavy atom. The number of nitrogen functional groups attached to an aromatic ring is 1. The number of aliphatic hydroxyl groups is 1. The summed E-state index contributed by atoms with van der Waals surface area (Å²) in [6.45, 7) is 0. The molecule has 2 aromatic rings. The first-order valence-corrected chi connectivity index (χ1v) is 4.06. The van der Waals surface area contributed by atoms with Crippen LogP contribution in [0.4, 0.5) is 5.69 Å². The first-order valence-electron chi connectivity index (χ1n) is 4.06. The van der Waals surface area contributed by atoms with Crippen molar-refractivity contribution in [3.63, 3.8) is 0 Å². The Bertz CT molecular complexity index is 379. The van der Waals surface area contributed by atoms with E-state index in [1.807, 2.05) is 30.3 Å². The molecule has 0 aliphatic heterocycles. The molecule has 0 radical (unpaired) electrons. The number of aliphatic hydroxyl groups excluding tert-OH is 1. The van der Waals surface area contributed by atoms with Crippen molar-refractivity contribution >= 4 is 16.5 Å². The van der Waals surface area contributed by atoms with E-state index in [0.717, 1.165) is 18.2 Å². The van der Waals surface area contributed by atoms with Gasteiger partial charge >= 0.3 is 0 Å². The molecule has 0 unspecified atom stereocenters. The molecule has 2 heteroatoms. The van der Waals surface area contributed by atoms with Crippen LogP contribution in [0.25, 0.3) is 10.8 Å². The summed E-state index contributed by atoms with van der Waals surface area (Å²) in [6.07, 6.45) is 0. The van der Waals surface area contributed by atoms with Crippen molar-refractivity contribution in [2.75, 3.05) is 12.8 Å².